The second-order valence-electron chi connectivity index (χ2n) is 4.37. The van der Waals surface area contributed by atoms with Gasteiger partial charge in [-0.05, 0) is 43.1 Å². The molecule has 5 heteroatoms. The van der Waals surface area contributed by atoms with Gasteiger partial charge in [0.05, 0.1) is 0 Å². The Morgan fingerprint density at radius 2 is 2.24 bits per heavy atom. The highest BCUT2D eigenvalue weighted by Gasteiger charge is 2.17. The molecular formula is C12H17BrClFN2. The lowest BCUT2D eigenvalue weighted by Crippen LogP contribution is -2.42. The van der Waals surface area contributed by atoms with Gasteiger partial charge in [0.25, 0.3) is 0 Å². The second-order valence-corrected chi connectivity index (χ2v) is 5.23. The largest absolute Gasteiger partial charge is 0.327 e. The van der Waals surface area contributed by atoms with Gasteiger partial charge in [-0.2, -0.15) is 0 Å². The number of rotatable bonds is 2. The predicted molar refractivity (Wildman–Crippen MR) is 73.8 cm³/mol. The third-order valence-electron chi connectivity index (χ3n) is 2.94. The van der Waals surface area contributed by atoms with Gasteiger partial charge in [0, 0.05) is 23.6 Å². The highest BCUT2D eigenvalue weighted by Crippen LogP contribution is 2.21. The zero-order valence-corrected chi connectivity index (χ0v) is 11.9. The molecule has 1 atom stereocenters. The molecule has 0 aliphatic carbocycles. The van der Waals surface area contributed by atoms with Crippen LogP contribution in [0.3, 0.4) is 0 Å². The summed E-state index contributed by atoms with van der Waals surface area (Å²) < 4.78 is 14.1. The normalized spacial score (nSPS) is 21.0. The third-order valence-corrected chi connectivity index (χ3v) is 3.72. The molecule has 1 saturated heterocycles. The standard InChI is InChI=1S/C12H16BrFN2.ClH/c13-12-4-3-10(14)6-9(12)7-16-5-1-2-11(15)8-16;/h3-4,6,11H,1-2,5,7-8,15H2;1H. The first kappa shape index (κ1) is 14.9. The van der Waals surface area contributed by atoms with E-state index in [0.29, 0.717) is 0 Å². The number of hydrogen-bond acceptors (Lipinski definition) is 2. The van der Waals surface area contributed by atoms with Gasteiger partial charge >= 0.3 is 0 Å². The van der Waals surface area contributed by atoms with E-state index in [2.05, 4.69) is 20.8 Å². The quantitative estimate of drug-likeness (QED) is 0.907. The minimum absolute atomic E-state index is 0. The van der Waals surface area contributed by atoms with Crippen molar-refractivity contribution in [2.75, 3.05) is 13.1 Å². The third kappa shape index (κ3) is 4.21. The summed E-state index contributed by atoms with van der Waals surface area (Å²) in [6, 6.07) is 5.08. The van der Waals surface area contributed by atoms with E-state index in [1.807, 2.05) is 0 Å². The van der Waals surface area contributed by atoms with E-state index in [1.165, 1.54) is 6.07 Å². The Morgan fingerprint density at radius 1 is 1.47 bits per heavy atom. The Bertz CT molecular complexity index is 376. The fourth-order valence-corrected chi connectivity index (χ4v) is 2.51. The van der Waals surface area contributed by atoms with Gasteiger partial charge in [-0.3, -0.25) is 4.90 Å². The molecule has 1 aliphatic rings. The molecule has 0 bridgehead atoms. The minimum atomic E-state index is -0.181. The summed E-state index contributed by atoms with van der Waals surface area (Å²) in [5.74, 6) is -0.181. The molecule has 96 valence electrons. The van der Waals surface area contributed by atoms with Gasteiger partial charge < -0.3 is 5.73 Å². The number of nitrogens with two attached hydrogens (primary N) is 1. The molecule has 1 unspecified atom stereocenters. The van der Waals surface area contributed by atoms with Crippen molar-refractivity contribution >= 4 is 28.3 Å². The lowest BCUT2D eigenvalue weighted by molar-refractivity contribution is 0.201. The molecule has 1 fully saturated rings. The van der Waals surface area contributed by atoms with Crippen molar-refractivity contribution in [3.05, 3.63) is 34.1 Å². The lowest BCUT2D eigenvalue weighted by Gasteiger charge is -2.30. The van der Waals surface area contributed by atoms with Crippen LogP contribution in [0, 0.1) is 5.82 Å². The Balaban J connectivity index is 0.00000144. The molecule has 0 spiro atoms. The van der Waals surface area contributed by atoms with Crippen LogP contribution in [0.5, 0.6) is 0 Å². The van der Waals surface area contributed by atoms with Gasteiger partial charge in [0.15, 0.2) is 0 Å². The van der Waals surface area contributed by atoms with E-state index in [4.69, 9.17) is 5.73 Å². The Labute approximate surface area is 116 Å². The van der Waals surface area contributed by atoms with Crippen LogP contribution < -0.4 is 5.73 Å². The van der Waals surface area contributed by atoms with Crippen LogP contribution >= 0.6 is 28.3 Å². The van der Waals surface area contributed by atoms with Crippen molar-refractivity contribution in [2.45, 2.75) is 25.4 Å². The van der Waals surface area contributed by atoms with E-state index < -0.39 is 0 Å². The van der Waals surface area contributed by atoms with E-state index in [-0.39, 0.29) is 24.3 Å². The molecule has 17 heavy (non-hydrogen) atoms. The van der Waals surface area contributed by atoms with Crippen molar-refractivity contribution in [3.63, 3.8) is 0 Å². The molecule has 1 aliphatic heterocycles. The minimum Gasteiger partial charge on any atom is -0.327 e. The summed E-state index contributed by atoms with van der Waals surface area (Å²) in [7, 11) is 0. The van der Waals surface area contributed by atoms with Crippen molar-refractivity contribution in [2.24, 2.45) is 5.73 Å². The van der Waals surface area contributed by atoms with E-state index in [0.717, 1.165) is 42.5 Å². The monoisotopic (exact) mass is 322 g/mol. The van der Waals surface area contributed by atoms with Crippen molar-refractivity contribution in [1.29, 1.82) is 0 Å². The Kier molecular flexibility index (Phi) is 5.86. The van der Waals surface area contributed by atoms with Crippen molar-refractivity contribution in [3.8, 4) is 0 Å². The highest BCUT2D eigenvalue weighted by atomic mass is 79.9. The molecule has 1 heterocycles. The number of nitrogens with zero attached hydrogens (tertiary/aromatic N) is 1. The van der Waals surface area contributed by atoms with E-state index in [1.54, 1.807) is 12.1 Å². The molecule has 0 aromatic heterocycles. The maximum absolute atomic E-state index is 13.1. The van der Waals surface area contributed by atoms with Gasteiger partial charge in [-0.15, -0.1) is 12.4 Å². The highest BCUT2D eigenvalue weighted by molar-refractivity contribution is 9.10. The first-order valence-corrected chi connectivity index (χ1v) is 6.36. The van der Waals surface area contributed by atoms with Crippen molar-refractivity contribution in [1.82, 2.24) is 4.90 Å². The Morgan fingerprint density at radius 3 is 2.94 bits per heavy atom. The van der Waals surface area contributed by atoms with Gasteiger partial charge in [-0.1, -0.05) is 15.9 Å². The van der Waals surface area contributed by atoms with E-state index >= 15 is 0 Å². The summed E-state index contributed by atoms with van der Waals surface area (Å²) in [5, 5.41) is 0. The van der Waals surface area contributed by atoms with Crippen LogP contribution in [0.25, 0.3) is 0 Å². The molecule has 1 aromatic carbocycles. The van der Waals surface area contributed by atoms with Crippen LogP contribution in [0.15, 0.2) is 22.7 Å². The van der Waals surface area contributed by atoms with Crippen LogP contribution in [0.4, 0.5) is 4.39 Å². The number of halogens is 3. The number of likely N-dealkylation sites (tertiary alicyclic amines) is 1. The summed E-state index contributed by atoms with van der Waals surface area (Å²) in [5.41, 5.74) is 6.91. The first-order valence-electron chi connectivity index (χ1n) is 5.57. The van der Waals surface area contributed by atoms with Gasteiger partial charge in [-0.25, -0.2) is 4.39 Å². The van der Waals surface area contributed by atoms with Crippen LogP contribution in [0.1, 0.15) is 18.4 Å². The summed E-state index contributed by atoms with van der Waals surface area (Å²) in [6.07, 6.45) is 2.23. The predicted octanol–water partition coefficient (Wildman–Crippen LogP) is 2.93. The summed E-state index contributed by atoms with van der Waals surface area (Å²) in [4.78, 5) is 2.29. The van der Waals surface area contributed by atoms with Crippen LogP contribution in [0.2, 0.25) is 0 Å². The maximum Gasteiger partial charge on any atom is 0.123 e. The summed E-state index contributed by atoms with van der Waals surface area (Å²) in [6.45, 7) is 2.73. The zero-order valence-electron chi connectivity index (χ0n) is 9.53. The molecule has 0 saturated carbocycles. The molecule has 2 rings (SSSR count). The van der Waals surface area contributed by atoms with Gasteiger partial charge in [0.1, 0.15) is 5.82 Å². The zero-order chi connectivity index (χ0) is 11.5. The van der Waals surface area contributed by atoms with Crippen LogP contribution in [-0.4, -0.2) is 24.0 Å². The van der Waals surface area contributed by atoms with Crippen molar-refractivity contribution < 1.29 is 4.39 Å². The Hall–Kier alpha value is -0.160. The molecule has 2 nitrogen and oxygen atoms in total. The SMILES string of the molecule is Cl.NC1CCCN(Cc2cc(F)ccc2Br)C1. The number of piperidine rings is 1. The number of benzene rings is 1. The first-order chi connectivity index (χ1) is 7.65. The topological polar surface area (TPSA) is 29.3 Å². The molecule has 0 amide bonds. The molecular weight excluding hydrogens is 307 g/mol. The number of hydrogen-bond donors (Lipinski definition) is 1. The maximum atomic E-state index is 13.1. The lowest BCUT2D eigenvalue weighted by atomic mass is 10.1. The average molecular weight is 324 g/mol. The smallest absolute Gasteiger partial charge is 0.123 e. The molecule has 2 N–H and O–H groups in total. The molecule has 0 radical (unpaired) electrons. The summed E-state index contributed by atoms with van der Waals surface area (Å²) >= 11 is 3.45. The van der Waals surface area contributed by atoms with Crippen LogP contribution in [-0.2, 0) is 6.54 Å². The fraction of sp³-hybridized carbons (Fsp3) is 0.500. The molecule has 1 aromatic rings. The second kappa shape index (κ2) is 6.69. The van der Waals surface area contributed by atoms with E-state index in [9.17, 15) is 4.39 Å². The fourth-order valence-electron chi connectivity index (χ4n) is 2.14. The average Bonchev–Trinajstić information content (AvgIpc) is 2.24. The van der Waals surface area contributed by atoms with Gasteiger partial charge in [0.2, 0.25) is 0 Å².